The van der Waals surface area contributed by atoms with Gasteiger partial charge in [0.2, 0.25) is 0 Å². The number of carbonyl (C=O) groups is 1. The maximum Gasteiger partial charge on any atom is 0.410 e. The van der Waals surface area contributed by atoms with Gasteiger partial charge in [-0.15, -0.1) is 0 Å². The third-order valence-electron chi connectivity index (χ3n) is 1.34. The van der Waals surface area contributed by atoms with Gasteiger partial charge in [-0.1, -0.05) is 32.3 Å². The molecule has 0 aromatic carbocycles. The topological polar surface area (TPSA) is 62.7 Å². The number of esters is 1. The maximum atomic E-state index is 11.3. The van der Waals surface area contributed by atoms with Gasteiger partial charge in [-0.05, 0) is 0 Å². The zero-order valence-electron chi connectivity index (χ0n) is 8.20. The third-order valence-corrected chi connectivity index (χ3v) is 3.06. The highest BCUT2D eigenvalue weighted by Gasteiger charge is 2.37. The highest BCUT2D eigenvalue weighted by Crippen LogP contribution is 2.03. The van der Waals surface area contributed by atoms with E-state index in [1.54, 1.807) is 0 Å². The summed E-state index contributed by atoms with van der Waals surface area (Å²) in [6, 6.07) is 0. The maximum absolute atomic E-state index is 11.3. The number of rotatable bonds is 4. The standard InChI is InChI=1S/C8H14N2O2Si/c1-5-6-12-8(11)7(10-9)13(2,3)4/h5H,1,6H2,2-4H3. The van der Waals surface area contributed by atoms with Crippen molar-refractivity contribution in [3.63, 3.8) is 0 Å². The molecule has 72 valence electrons. The first-order chi connectivity index (χ1) is 5.93. The zero-order valence-corrected chi connectivity index (χ0v) is 9.20. The Hall–Kier alpha value is -1.19. The lowest BCUT2D eigenvalue weighted by Gasteiger charge is -2.07. The van der Waals surface area contributed by atoms with E-state index in [-0.39, 0.29) is 11.9 Å². The first kappa shape index (κ1) is 11.8. The Kier molecular flexibility index (Phi) is 4.31. The molecule has 0 unspecified atom stereocenters. The fourth-order valence-corrected chi connectivity index (χ4v) is 1.68. The monoisotopic (exact) mass is 198 g/mol. The molecular formula is C8H14N2O2Si. The normalized spacial score (nSPS) is 10.1. The van der Waals surface area contributed by atoms with Gasteiger partial charge < -0.3 is 10.3 Å². The minimum Gasteiger partial charge on any atom is -0.453 e. The molecule has 0 aromatic heterocycles. The molecule has 0 N–H and O–H groups in total. The fourth-order valence-electron chi connectivity index (χ4n) is 0.700. The van der Waals surface area contributed by atoms with Crippen molar-refractivity contribution < 1.29 is 14.3 Å². The number of ether oxygens (including phenoxy) is 1. The molecule has 4 nitrogen and oxygen atoms in total. The van der Waals surface area contributed by atoms with Crippen molar-refractivity contribution in [3.8, 4) is 0 Å². The van der Waals surface area contributed by atoms with Gasteiger partial charge in [0, 0.05) is 0 Å². The summed E-state index contributed by atoms with van der Waals surface area (Å²) >= 11 is 0. The molecule has 0 aliphatic heterocycles. The van der Waals surface area contributed by atoms with Crippen LogP contribution in [0.2, 0.25) is 19.6 Å². The molecule has 0 spiro atoms. The summed E-state index contributed by atoms with van der Waals surface area (Å²) in [5.41, 5.74) is 8.63. The van der Waals surface area contributed by atoms with Gasteiger partial charge in [-0.3, -0.25) is 0 Å². The van der Waals surface area contributed by atoms with Crippen molar-refractivity contribution in [3.05, 3.63) is 18.2 Å². The van der Waals surface area contributed by atoms with Crippen molar-refractivity contribution in [2.24, 2.45) is 0 Å². The van der Waals surface area contributed by atoms with Crippen molar-refractivity contribution in [1.82, 2.24) is 0 Å². The summed E-state index contributed by atoms with van der Waals surface area (Å²) in [6.45, 7) is 9.25. The Morgan fingerprint density at radius 1 is 1.62 bits per heavy atom. The molecule has 0 saturated heterocycles. The summed E-state index contributed by atoms with van der Waals surface area (Å²) in [4.78, 5) is 14.2. The van der Waals surface area contributed by atoms with E-state index in [4.69, 9.17) is 10.3 Å². The Morgan fingerprint density at radius 3 is 2.46 bits per heavy atom. The van der Waals surface area contributed by atoms with Crippen LogP contribution in [0.3, 0.4) is 0 Å². The van der Waals surface area contributed by atoms with Crippen LogP contribution in [0.15, 0.2) is 12.7 Å². The summed E-state index contributed by atoms with van der Waals surface area (Å²) in [7, 11) is -1.91. The molecule has 0 heterocycles. The highest BCUT2D eigenvalue weighted by atomic mass is 28.3. The quantitative estimate of drug-likeness (QED) is 0.170. The van der Waals surface area contributed by atoms with E-state index >= 15 is 0 Å². The van der Waals surface area contributed by atoms with Crippen molar-refractivity contribution in [2.75, 3.05) is 6.61 Å². The Bertz CT molecular complexity index is 262. The highest BCUT2D eigenvalue weighted by molar-refractivity contribution is 7.11. The Balaban J connectivity index is 4.54. The van der Waals surface area contributed by atoms with Crippen LogP contribution in [-0.2, 0) is 9.53 Å². The summed E-state index contributed by atoms with van der Waals surface area (Å²) in [6.07, 6.45) is 1.47. The number of nitrogens with zero attached hydrogens (tertiary/aromatic N) is 2. The van der Waals surface area contributed by atoms with Gasteiger partial charge >= 0.3 is 11.3 Å². The molecule has 0 atom stereocenters. The second-order valence-corrected chi connectivity index (χ2v) is 8.56. The average Bonchev–Trinajstić information content (AvgIpc) is 1.99. The van der Waals surface area contributed by atoms with Gasteiger partial charge in [-0.2, -0.15) is 4.79 Å². The van der Waals surface area contributed by atoms with Crippen LogP contribution in [0.25, 0.3) is 5.53 Å². The first-order valence-corrected chi connectivity index (χ1v) is 7.44. The minimum atomic E-state index is -1.91. The number of hydrogen-bond donors (Lipinski definition) is 0. The van der Waals surface area contributed by atoms with Crippen molar-refractivity contribution in [2.45, 2.75) is 19.6 Å². The van der Waals surface area contributed by atoms with Crippen LogP contribution in [0.5, 0.6) is 0 Å². The third kappa shape index (κ3) is 3.82. The fraction of sp³-hybridized carbons (Fsp3) is 0.500. The second-order valence-electron chi connectivity index (χ2n) is 3.59. The number of carbonyl (C=O) groups excluding carboxylic acids is 1. The molecule has 0 rings (SSSR count). The SMILES string of the molecule is C=CCOC(=O)C(=[N+]=[N-])[Si](C)(C)C. The van der Waals surface area contributed by atoms with E-state index < -0.39 is 14.0 Å². The lowest BCUT2D eigenvalue weighted by molar-refractivity contribution is -0.138. The average molecular weight is 198 g/mol. The first-order valence-electron chi connectivity index (χ1n) is 3.94. The number of hydrogen-bond acceptors (Lipinski definition) is 2. The van der Waals surface area contributed by atoms with E-state index in [2.05, 4.69) is 11.4 Å². The molecular weight excluding hydrogens is 184 g/mol. The lowest BCUT2D eigenvalue weighted by atomic mass is 10.6. The molecule has 0 aliphatic carbocycles. The van der Waals surface area contributed by atoms with Crippen LogP contribution in [0.1, 0.15) is 0 Å². The van der Waals surface area contributed by atoms with Gasteiger partial charge in [0.25, 0.3) is 0 Å². The van der Waals surface area contributed by atoms with E-state index in [9.17, 15) is 4.79 Å². The van der Waals surface area contributed by atoms with Gasteiger partial charge in [0.05, 0.1) is 0 Å². The molecule has 0 radical (unpaired) electrons. The van der Waals surface area contributed by atoms with Gasteiger partial charge in [0.1, 0.15) is 6.61 Å². The van der Waals surface area contributed by atoms with Crippen molar-refractivity contribution >= 4 is 19.4 Å². The van der Waals surface area contributed by atoms with Crippen molar-refractivity contribution in [1.29, 1.82) is 0 Å². The minimum absolute atomic E-state index is 0.141. The van der Waals surface area contributed by atoms with E-state index in [1.165, 1.54) is 6.08 Å². The molecule has 0 aliphatic rings. The second kappa shape index (κ2) is 4.74. The van der Waals surface area contributed by atoms with Crippen LogP contribution in [0.4, 0.5) is 0 Å². The van der Waals surface area contributed by atoms with Gasteiger partial charge in [0.15, 0.2) is 8.07 Å². The summed E-state index contributed by atoms with van der Waals surface area (Å²) in [5, 5.41) is 0.148. The van der Waals surface area contributed by atoms with Crippen LogP contribution < -0.4 is 0 Å². The smallest absolute Gasteiger partial charge is 0.410 e. The molecule has 0 aromatic rings. The lowest BCUT2D eigenvalue weighted by Crippen LogP contribution is -2.41. The molecule has 13 heavy (non-hydrogen) atoms. The molecule has 0 fully saturated rings. The zero-order chi connectivity index (χ0) is 10.5. The molecule has 0 amide bonds. The largest absolute Gasteiger partial charge is 0.453 e. The predicted molar refractivity (Wildman–Crippen MR) is 53.1 cm³/mol. The van der Waals surface area contributed by atoms with E-state index in [1.807, 2.05) is 19.6 Å². The van der Waals surface area contributed by atoms with E-state index in [0.29, 0.717) is 0 Å². The molecule has 5 heteroatoms. The van der Waals surface area contributed by atoms with Crippen LogP contribution in [0, 0.1) is 0 Å². The van der Waals surface area contributed by atoms with E-state index in [0.717, 1.165) is 0 Å². The molecule has 0 bridgehead atoms. The van der Waals surface area contributed by atoms with Gasteiger partial charge in [-0.25, -0.2) is 4.79 Å². The predicted octanol–water partition coefficient (Wildman–Crippen LogP) is 1.26. The summed E-state index contributed by atoms with van der Waals surface area (Å²) < 4.78 is 4.76. The summed E-state index contributed by atoms with van der Waals surface area (Å²) in [5.74, 6) is -0.554. The Morgan fingerprint density at radius 2 is 2.15 bits per heavy atom. The van der Waals surface area contributed by atoms with Crippen LogP contribution in [-0.4, -0.2) is 30.8 Å². The van der Waals surface area contributed by atoms with Crippen LogP contribution >= 0.6 is 0 Å². The molecule has 0 saturated carbocycles. The Labute approximate surface area is 78.8 Å².